The Morgan fingerprint density at radius 2 is 2.20 bits per heavy atom. The molecule has 0 saturated carbocycles. The van der Waals surface area contributed by atoms with Gasteiger partial charge in [-0.15, -0.1) is 0 Å². The number of H-pyrrole nitrogens is 1. The number of aromatic amines is 1. The normalized spacial score (nSPS) is 10.2. The molecule has 0 atom stereocenters. The Balaban J connectivity index is 2.17. The maximum atomic E-state index is 11.6. The maximum Gasteiger partial charge on any atom is 0.203 e. The molecule has 0 radical (unpaired) electrons. The zero-order valence-corrected chi connectivity index (χ0v) is 8.53. The third-order valence-corrected chi connectivity index (χ3v) is 2.36. The monoisotopic (exact) mass is 221 g/mol. The molecule has 1 aromatic heterocycles. The summed E-state index contributed by atoms with van der Waals surface area (Å²) < 4.78 is 0. The van der Waals surface area contributed by atoms with E-state index in [0.29, 0.717) is 5.02 Å². The fourth-order valence-electron chi connectivity index (χ4n) is 1.24. The molecule has 76 valence electrons. The lowest BCUT2D eigenvalue weighted by atomic mass is 10.1. The van der Waals surface area contributed by atoms with Crippen molar-refractivity contribution in [2.75, 3.05) is 0 Å². The van der Waals surface area contributed by atoms with Crippen molar-refractivity contribution in [2.45, 2.75) is 6.42 Å². The highest BCUT2D eigenvalue weighted by molar-refractivity contribution is 6.31. The summed E-state index contributed by atoms with van der Waals surface area (Å²) in [7, 11) is 0. The smallest absolute Gasteiger partial charge is 0.203 e. The van der Waals surface area contributed by atoms with E-state index in [2.05, 4.69) is 15.2 Å². The van der Waals surface area contributed by atoms with Gasteiger partial charge in [0.15, 0.2) is 5.82 Å². The standard InChI is InChI=1S/C10H8ClN3O/c11-8-4-2-1-3-7(8)5-9(15)10-12-6-13-14-10/h1-4,6H,5H2,(H,12,13,14). The molecule has 0 aliphatic heterocycles. The molecule has 5 heteroatoms. The number of carbonyl (C=O) groups is 1. The van der Waals surface area contributed by atoms with Gasteiger partial charge in [-0.05, 0) is 11.6 Å². The lowest BCUT2D eigenvalue weighted by molar-refractivity contribution is 0.0983. The van der Waals surface area contributed by atoms with E-state index in [1.54, 1.807) is 6.07 Å². The second-order valence-electron chi connectivity index (χ2n) is 3.03. The zero-order valence-electron chi connectivity index (χ0n) is 7.77. The van der Waals surface area contributed by atoms with Crippen LogP contribution in [0.5, 0.6) is 0 Å². The van der Waals surface area contributed by atoms with Gasteiger partial charge < -0.3 is 0 Å². The van der Waals surface area contributed by atoms with E-state index >= 15 is 0 Å². The Hall–Kier alpha value is -1.68. The van der Waals surface area contributed by atoms with Gasteiger partial charge in [-0.2, -0.15) is 5.10 Å². The number of rotatable bonds is 3. The van der Waals surface area contributed by atoms with Crippen molar-refractivity contribution in [3.05, 3.63) is 47.0 Å². The third kappa shape index (κ3) is 2.22. The largest absolute Gasteiger partial charge is 0.290 e. The second-order valence-corrected chi connectivity index (χ2v) is 3.43. The predicted octanol–water partition coefficient (Wildman–Crippen LogP) is 1.88. The molecule has 0 aliphatic carbocycles. The average Bonchev–Trinajstić information content (AvgIpc) is 2.74. The lowest BCUT2D eigenvalue weighted by Crippen LogP contribution is -2.06. The molecular weight excluding hydrogens is 214 g/mol. The van der Waals surface area contributed by atoms with Crippen LogP contribution in [-0.4, -0.2) is 21.0 Å². The van der Waals surface area contributed by atoms with Gasteiger partial charge in [0.1, 0.15) is 6.33 Å². The highest BCUT2D eigenvalue weighted by Crippen LogP contribution is 2.16. The summed E-state index contributed by atoms with van der Waals surface area (Å²) in [5.41, 5.74) is 0.792. The predicted molar refractivity (Wildman–Crippen MR) is 55.9 cm³/mol. The number of Topliss-reactive ketones (excluding diaryl/α,β-unsaturated/α-hetero) is 1. The number of nitrogens with one attached hydrogen (secondary N) is 1. The highest BCUT2D eigenvalue weighted by atomic mass is 35.5. The van der Waals surface area contributed by atoms with Crippen LogP contribution >= 0.6 is 11.6 Å². The fourth-order valence-corrected chi connectivity index (χ4v) is 1.44. The van der Waals surface area contributed by atoms with Gasteiger partial charge in [-0.1, -0.05) is 29.8 Å². The Morgan fingerprint density at radius 1 is 1.40 bits per heavy atom. The van der Waals surface area contributed by atoms with Gasteiger partial charge in [0.25, 0.3) is 0 Å². The number of halogens is 1. The van der Waals surface area contributed by atoms with E-state index in [1.165, 1.54) is 6.33 Å². The average molecular weight is 222 g/mol. The Morgan fingerprint density at radius 3 is 2.87 bits per heavy atom. The summed E-state index contributed by atoms with van der Waals surface area (Å²) in [5, 5.41) is 6.73. The topological polar surface area (TPSA) is 58.6 Å². The van der Waals surface area contributed by atoms with Crippen LogP contribution in [0.2, 0.25) is 5.02 Å². The minimum Gasteiger partial charge on any atom is -0.290 e. The van der Waals surface area contributed by atoms with Crippen LogP contribution in [0.3, 0.4) is 0 Å². The van der Waals surface area contributed by atoms with Crippen LogP contribution in [0.4, 0.5) is 0 Å². The van der Waals surface area contributed by atoms with Crippen molar-refractivity contribution in [2.24, 2.45) is 0 Å². The van der Waals surface area contributed by atoms with Gasteiger partial charge >= 0.3 is 0 Å². The molecule has 4 nitrogen and oxygen atoms in total. The van der Waals surface area contributed by atoms with E-state index in [0.717, 1.165) is 5.56 Å². The maximum absolute atomic E-state index is 11.6. The first-order chi connectivity index (χ1) is 7.27. The molecule has 0 aliphatic rings. The van der Waals surface area contributed by atoms with Gasteiger partial charge in [0, 0.05) is 11.4 Å². The SMILES string of the molecule is O=C(Cc1ccccc1Cl)c1ncn[nH]1. The minimum absolute atomic E-state index is 0.124. The summed E-state index contributed by atoms with van der Waals surface area (Å²) in [5.74, 6) is 0.135. The highest BCUT2D eigenvalue weighted by Gasteiger charge is 2.11. The summed E-state index contributed by atoms with van der Waals surface area (Å²) >= 11 is 5.93. The molecule has 2 aromatic rings. The van der Waals surface area contributed by atoms with E-state index in [4.69, 9.17) is 11.6 Å². The minimum atomic E-state index is -0.124. The van der Waals surface area contributed by atoms with Crippen LogP contribution in [0.1, 0.15) is 16.2 Å². The number of nitrogens with zero attached hydrogens (tertiary/aromatic N) is 2. The van der Waals surface area contributed by atoms with Crippen LogP contribution in [0.25, 0.3) is 0 Å². The second kappa shape index (κ2) is 4.23. The van der Waals surface area contributed by atoms with Crippen LogP contribution < -0.4 is 0 Å². The van der Waals surface area contributed by atoms with Crippen LogP contribution in [-0.2, 0) is 6.42 Å². The fraction of sp³-hybridized carbons (Fsp3) is 0.100. The summed E-state index contributed by atoms with van der Waals surface area (Å²) in [6.45, 7) is 0. The first-order valence-corrected chi connectivity index (χ1v) is 4.77. The molecule has 1 aromatic carbocycles. The van der Waals surface area contributed by atoms with Crippen molar-refractivity contribution in [3.63, 3.8) is 0 Å². The van der Waals surface area contributed by atoms with Gasteiger partial charge in [0.05, 0.1) is 0 Å². The summed E-state index contributed by atoms with van der Waals surface area (Å²) in [6, 6.07) is 7.24. The molecule has 0 saturated heterocycles. The molecule has 0 unspecified atom stereocenters. The third-order valence-electron chi connectivity index (χ3n) is 1.99. The Labute approximate surface area is 91.3 Å². The van der Waals surface area contributed by atoms with Crippen LogP contribution in [0, 0.1) is 0 Å². The molecule has 0 fully saturated rings. The van der Waals surface area contributed by atoms with Crippen molar-refractivity contribution in [1.29, 1.82) is 0 Å². The molecule has 2 rings (SSSR count). The van der Waals surface area contributed by atoms with Gasteiger partial charge in [-0.25, -0.2) is 4.98 Å². The van der Waals surface area contributed by atoms with Crippen molar-refractivity contribution in [3.8, 4) is 0 Å². The van der Waals surface area contributed by atoms with Crippen molar-refractivity contribution in [1.82, 2.24) is 15.2 Å². The summed E-state index contributed by atoms with van der Waals surface area (Å²) in [6.07, 6.45) is 1.54. The summed E-state index contributed by atoms with van der Waals surface area (Å²) in [4.78, 5) is 15.4. The first-order valence-electron chi connectivity index (χ1n) is 4.39. The molecule has 15 heavy (non-hydrogen) atoms. The van der Waals surface area contributed by atoms with Crippen LogP contribution in [0.15, 0.2) is 30.6 Å². The van der Waals surface area contributed by atoms with Gasteiger partial charge in [0.2, 0.25) is 5.78 Å². The van der Waals surface area contributed by atoms with Crippen molar-refractivity contribution < 1.29 is 4.79 Å². The number of benzene rings is 1. The van der Waals surface area contributed by atoms with E-state index in [1.807, 2.05) is 18.2 Å². The number of hydrogen-bond donors (Lipinski definition) is 1. The van der Waals surface area contributed by atoms with Crippen molar-refractivity contribution >= 4 is 17.4 Å². The zero-order chi connectivity index (χ0) is 10.7. The quantitative estimate of drug-likeness (QED) is 0.806. The van der Waals surface area contributed by atoms with Gasteiger partial charge in [-0.3, -0.25) is 9.89 Å². The molecule has 0 bridgehead atoms. The Kier molecular flexibility index (Phi) is 2.78. The molecule has 0 spiro atoms. The molecule has 0 amide bonds. The number of aromatic nitrogens is 3. The van der Waals surface area contributed by atoms with E-state index in [-0.39, 0.29) is 18.0 Å². The molecule has 1 heterocycles. The van der Waals surface area contributed by atoms with E-state index < -0.39 is 0 Å². The molecular formula is C10H8ClN3O. The molecule has 1 N–H and O–H groups in total. The first kappa shape index (κ1) is 9.86. The number of carbonyl (C=O) groups excluding carboxylic acids is 1. The van der Waals surface area contributed by atoms with E-state index in [9.17, 15) is 4.79 Å². The number of ketones is 1. The lowest BCUT2D eigenvalue weighted by Gasteiger charge is -2.00. The Bertz CT molecular complexity index is 467. The number of hydrogen-bond acceptors (Lipinski definition) is 3.